The molecule has 0 aliphatic heterocycles. The summed E-state index contributed by atoms with van der Waals surface area (Å²) < 4.78 is 27.3. The molecule has 7 nitrogen and oxygen atoms in total. The number of nitrogens with zero attached hydrogens (tertiary/aromatic N) is 2. The number of anilines is 1. The molecule has 0 heterocycles. The third kappa shape index (κ3) is 8.81. The predicted octanol–water partition coefficient (Wildman–Crippen LogP) is 5.42. The van der Waals surface area contributed by atoms with Crippen molar-refractivity contribution in [3.63, 3.8) is 0 Å². The van der Waals surface area contributed by atoms with Crippen molar-refractivity contribution in [1.29, 1.82) is 0 Å². The summed E-state index contributed by atoms with van der Waals surface area (Å²) in [5, 5.41) is 3.56. The van der Waals surface area contributed by atoms with Gasteiger partial charge in [0.25, 0.3) is 0 Å². The van der Waals surface area contributed by atoms with Crippen molar-refractivity contribution in [3.8, 4) is 0 Å². The van der Waals surface area contributed by atoms with Crippen LogP contribution in [0.3, 0.4) is 0 Å². The topological polar surface area (TPSA) is 86.8 Å². The summed E-state index contributed by atoms with van der Waals surface area (Å²) in [6, 6.07) is 22.3. The molecule has 0 aliphatic carbocycles. The van der Waals surface area contributed by atoms with E-state index in [0.717, 1.165) is 28.1 Å². The minimum Gasteiger partial charge on any atom is -0.352 e. The summed E-state index contributed by atoms with van der Waals surface area (Å²) in [5.74, 6) is -0.811. The first-order valence-electron chi connectivity index (χ1n) is 12.6. The summed E-state index contributed by atoms with van der Waals surface area (Å²) in [5.41, 5.74) is 1.97. The number of carbonyl (C=O) groups is 2. The lowest BCUT2D eigenvalue weighted by molar-refractivity contribution is -0.140. The molecule has 0 spiro atoms. The first-order chi connectivity index (χ1) is 18.5. The first-order valence-corrected chi connectivity index (χ1v) is 15.6. The molecule has 2 amide bonds. The maximum absolute atomic E-state index is 14.0. The van der Waals surface area contributed by atoms with Crippen LogP contribution < -0.4 is 9.62 Å². The Labute approximate surface area is 244 Å². The van der Waals surface area contributed by atoms with E-state index in [0.29, 0.717) is 15.2 Å². The molecule has 3 rings (SSSR count). The van der Waals surface area contributed by atoms with E-state index in [4.69, 9.17) is 11.6 Å². The van der Waals surface area contributed by atoms with E-state index in [1.165, 1.54) is 4.90 Å². The standard InChI is InChI=1S/C29H33BrClN3O4S/c1-4-21(2)32-29(36)27(18-22-10-6-5-7-11-22)33(19-23-14-16-24(31)17-15-23)28(35)20-34(39(3,37)38)26-13-9-8-12-25(26)30/h5-17,21,27H,4,18-20H2,1-3H3,(H,32,36)/t21-,27+/m1/s1. The zero-order chi connectivity index (χ0) is 28.6. The molecule has 3 aromatic rings. The molecular weight excluding hydrogens is 602 g/mol. The van der Waals surface area contributed by atoms with E-state index in [9.17, 15) is 18.0 Å². The van der Waals surface area contributed by atoms with E-state index in [1.54, 1.807) is 48.5 Å². The van der Waals surface area contributed by atoms with Gasteiger partial charge in [0.1, 0.15) is 12.6 Å². The average molecular weight is 635 g/mol. The number of sulfonamides is 1. The highest BCUT2D eigenvalue weighted by Crippen LogP contribution is 2.28. The molecule has 2 atom stereocenters. The molecule has 0 radical (unpaired) electrons. The van der Waals surface area contributed by atoms with Gasteiger partial charge in [0, 0.05) is 28.5 Å². The van der Waals surface area contributed by atoms with Crippen molar-refractivity contribution < 1.29 is 18.0 Å². The Bertz CT molecular complexity index is 1370. The monoisotopic (exact) mass is 633 g/mol. The number of benzene rings is 3. The molecular formula is C29H33BrClN3O4S. The van der Waals surface area contributed by atoms with Gasteiger partial charge in [-0.1, -0.05) is 73.1 Å². The van der Waals surface area contributed by atoms with Gasteiger partial charge in [0.05, 0.1) is 11.9 Å². The van der Waals surface area contributed by atoms with E-state index < -0.39 is 28.5 Å². The third-order valence-corrected chi connectivity index (χ3v) is 8.39. The number of hydrogen-bond acceptors (Lipinski definition) is 4. The number of para-hydroxylation sites is 1. The molecule has 3 aromatic carbocycles. The molecule has 0 unspecified atom stereocenters. The Morgan fingerprint density at radius 1 is 0.949 bits per heavy atom. The van der Waals surface area contributed by atoms with Crippen LogP contribution in [0.2, 0.25) is 5.02 Å². The van der Waals surface area contributed by atoms with Gasteiger partial charge in [-0.05, 0) is 64.7 Å². The average Bonchev–Trinajstić information content (AvgIpc) is 2.90. The maximum Gasteiger partial charge on any atom is 0.244 e. The van der Waals surface area contributed by atoms with Crippen LogP contribution in [-0.2, 0) is 32.6 Å². The van der Waals surface area contributed by atoms with Gasteiger partial charge in [-0.3, -0.25) is 13.9 Å². The number of rotatable bonds is 12. The van der Waals surface area contributed by atoms with Crippen molar-refractivity contribution in [2.45, 2.75) is 45.3 Å². The molecule has 0 aromatic heterocycles. The third-order valence-electron chi connectivity index (χ3n) is 6.34. The number of carbonyl (C=O) groups excluding carboxylic acids is 2. The van der Waals surface area contributed by atoms with Crippen LogP contribution in [0.15, 0.2) is 83.3 Å². The molecule has 10 heteroatoms. The quantitative estimate of drug-likeness (QED) is 0.288. The Hall–Kier alpha value is -2.88. The number of amides is 2. The number of nitrogens with one attached hydrogen (secondary N) is 1. The number of halogens is 2. The van der Waals surface area contributed by atoms with Crippen LogP contribution in [0.5, 0.6) is 0 Å². The predicted molar refractivity (Wildman–Crippen MR) is 160 cm³/mol. The van der Waals surface area contributed by atoms with Gasteiger partial charge in [-0.15, -0.1) is 0 Å². The summed E-state index contributed by atoms with van der Waals surface area (Å²) in [6.45, 7) is 3.49. The Balaban J connectivity index is 2.06. The fourth-order valence-electron chi connectivity index (χ4n) is 4.03. The van der Waals surface area contributed by atoms with Crippen molar-refractivity contribution in [1.82, 2.24) is 10.2 Å². The van der Waals surface area contributed by atoms with Gasteiger partial charge in [0.2, 0.25) is 21.8 Å². The lowest BCUT2D eigenvalue weighted by Crippen LogP contribution is -2.54. The summed E-state index contributed by atoms with van der Waals surface area (Å²) in [4.78, 5) is 29.2. The van der Waals surface area contributed by atoms with Crippen LogP contribution in [0.25, 0.3) is 0 Å². The molecule has 0 fully saturated rings. The van der Waals surface area contributed by atoms with Crippen LogP contribution in [0.1, 0.15) is 31.4 Å². The van der Waals surface area contributed by atoms with Gasteiger partial charge in [-0.2, -0.15) is 0 Å². The highest BCUT2D eigenvalue weighted by Gasteiger charge is 2.33. The van der Waals surface area contributed by atoms with Crippen molar-refractivity contribution >= 4 is 55.1 Å². The van der Waals surface area contributed by atoms with E-state index in [2.05, 4.69) is 21.2 Å². The summed E-state index contributed by atoms with van der Waals surface area (Å²) in [6.07, 6.45) is 2.04. The van der Waals surface area contributed by atoms with Crippen LogP contribution >= 0.6 is 27.5 Å². The first kappa shape index (κ1) is 30.7. The Morgan fingerprint density at radius 3 is 2.15 bits per heavy atom. The smallest absolute Gasteiger partial charge is 0.244 e. The summed E-state index contributed by atoms with van der Waals surface area (Å²) in [7, 11) is -3.84. The molecule has 208 valence electrons. The van der Waals surface area contributed by atoms with Crippen LogP contribution in [0, 0.1) is 0 Å². The fraction of sp³-hybridized carbons (Fsp3) is 0.310. The second-order valence-electron chi connectivity index (χ2n) is 9.39. The van der Waals surface area contributed by atoms with Crippen molar-refractivity contribution in [2.24, 2.45) is 0 Å². The molecule has 39 heavy (non-hydrogen) atoms. The minimum absolute atomic E-state index is 0.0923. The molecule has 1 N–H and O–H groups in total. The van der Waals surface area contributed by atoms with Gasteiger partial charge in [-0.25, -0.2) is 8.42 Å². The highest BCUT2D eigenvalue weighted by atomic mass is 79.9. The summed E-state index contributed by atoms with van der Waals surface area (Å²) >= 11 is 9.48. The van der Waals surface area contributed by atoms with E-state index in [-0.39, 0.29) is 24.9 Å². The highest BCUT2D eigenvalue weighted by molar-refractivity contribution is 9.10. The maximum atomic E-state index is 14.0. The van der Waals surface area contributed by atoms with Gasteiger partial charge < -0.3 is 10.2 Å². The molecule has 0 saturated carbocycles. The lowest BCUT2D eigenvalue weighted by atomic mass is 10.0. The Morgan fingerprint density at radius 2 is 1.56 bits per heavy atom. The number of hydrogen-bond donors (Lipinski definition) is 1. The van der Waals surface area contributed by atoms with Crippen molar-refractivity contribution in [2.75, 3.05) is 17.1 Å². The zero-order valence-electron chi connectivity index (χ0n) is 22.2. The second-order valence-corrected chi connectivity index (χ2v) is 12.6. The normalized spacial score (nSPS) is 12.8. The van der Waals surface area contributed by atoms with Gasteiger partial charge in [0.15, 0.2) is 0 Å². The largest absolute Gasteiger partial charge is 0.352 e. The molecule has 0 bridgehead atoms. The van der Waals surface area contributed by atoms with Crippen molar-refractivity contribution in [3.05, 3.63) is 99.5 Å². The SMILES string of the molecule is CC[C@@H](C)NC(=O)[C@H](Cc1ccccc1)N(Cc1ccc(Cl)cc1)C(=O)CN(c1ccccc1Br)S(C)(=O)=O. The van der Waals surface area contributed by atoms with Gasteiger partial charge >= 0.3 is 0 Å². The Kier molecular flexibility index (Phi) is 11.0. The second kappa shape index (κ2) is 14.0. The lowest BCUT2D eigenvalue weighted by Gasteiger charge is -2.34. The van der Waals surface area contributed by atoms with Crippen LogP contribution in [0.4, 0.5) is 5.69 Å². The minimum atomic E-state index is -3.84. The molecule has 0 saturated heterocycles. The zero-order valence-corrected chi connectivity index (χ0v) is 25.3. The van der Waals surface area contributed by atoms with E-state index >= 15 is 0 Å². The van der Waals surface area contributed by atoms with Crippen LogP contribution in [-0.4, -0.2) is 50.0 Å². The van der Waals surface area contributed by atoms with E-state index in [1.807, 2.05) is 44.2 Å². The molecule has 0 aliphatic rings. The fourth-order valence-corrected chi connectivity index (χ4v) is 5.63.